The molecule has 1 aliphatic heterocycles. The molecule has 1 fully saturated rings. The van der Waals surface area contributed by atoms with Crippen LogP contribution in [-0.2, 0) is 9.59 Å². The molecule has 1 aromatic rings. The van der Waals surface area contributed by atoms with Crippen molar-refractivity contribution in [3.8, 4) is 0 Å². The predicted octanol–water partition coefficient (Wildman–Crippen LogP) is 2.16. The molecule has 19 heavy (non-hydrogen) atoms. The van der Waals surface area contributed by atoms with E-state index in [0.717, 1.165) is 5.56 Å². The van der Waals surface area contributed by atoms with Gasteiger partial charge < -0.3 is 10.2 Å². The van der Waals surface area contributed by atoms with Crippen LogP contribution in [0.3, 0.4) is 0 Å². The molecule has 1 N–H and O–H groups in total. The number of carbonyl (C=O) groups is 2. The summed E-state index contributed by atoms with van der Waals surface area (Å²) in [5.41, 5.74) is 1.14. The van der Waals surface area contributed by atoms with E-state index in [-0.39, 0.29) is 17.9 Å². The average Bonchev–Trinajstić information content (AvgIpc) is 2.66. The molecule has 0 aromatic carbocycles. The van der Waals surface area contributed by atoms with Gasteiger partial charge in [0.05, 0.1) is 6.04 Å². The van der Waals surface area contributed by atoms with Gasteiger partial charge >= 0.3 is 0 Å². The Kier molecular flexibility index (Phi) is 3.67. The van der Waals surface area contributed by atoms with Crippen molar-refractivity contribution in [3.05, 3.63) is 21.4 Å². The van der Waals surface area contributed by atoms with Gasteiger partial charge in [-0.15, -0.1) is 11.3 Å². The molecule has 1 saturated heterocycles. The van der Waals surface area contributed by atoms with Gasteiger partial charge in [-0.25, -0.2) is 0 Å². The Labute approximate surface area is 117 Å². The van der Waals surface area contributed by atoms with Gasteiger partial charge in [-0.05, 0) is 46.2 Å². The molecular formula is C14H20N2O2S. The molecule has 0 bridgehead atoms. The van der Waals surface area contributed by atoms with Crippen LogP contribution in [0.4, 0.5) is 0 Å². The SMILES string of the molecule is Cc1cc(C(C)N2C(=O)C(C)NC(=O)C2C)c(C)s1. The van der Waals surface area contributed by atoms with Crippen LogP contribution in [0.25, 0.3) is 0 Å². The van der Waals surface area contributed by atoms with Crippen molar-refractivity contribution in [1.82, 2.24) is 10.2 Å². The summed E-state index contributed by atoms with van der Waals surface area (Å²) in [5.74, 6) is -0.0913. The number of amides is 2. The van der Waals surface area contributed by atoms with Gasteiger partial charge in [0.2, 0.25) is 11.8 Å². The van der Waals surface area contributed by atoms with Gasteiger partial charge in [0, 0.05) is 9.75 Å². The first kappa shape index (κ1) is 14.1. The van der Waals surface area contributed by atoms with Crippen LogP contribution in [-0.4, -0.2) is 28.8 Å². The van der Waals surface area contributed by atoms with Crippen LogP contribution in [0.15, 0.2) is 6.07 Å². The van der Waals surface area contributed by atoms with Crippen molar-refractivity contribution in [2.24, 2.45) is 0 Å². The van der Waals surface area contributed by atoms with E-state index in [1.165, 1.54) is 9.75 Å². The molecule has 0 radical (unpaired) electrons. The maximum Gasteiger partial charge on any atom is 0.246 e. The monoisotopic (exact) mass is 280 g/mol. The number of rotatable bonds is 2. The third-order valence-corrected chi connectivity index (χ3v) is 4.71. The highest BCUT2D eigenvalue weighted by Crippen LogP contribution is 2.32. The van der Waals surface area contributed by atoms with E-state index in [1.807, 2.05) is 6.92 Å². The van der Waals surface area contributed by atoms with E-state index in [2.05, 4.69) is 25.2 Å². The fourth-order valence-corrected chi connectivity index (χ4v) is 3.69. The van der Waals surface area contributed by atoms with Crippen LogP contribution in [0.5, 0.6) is 0 Å². The molecule has 3 atom stereocenters. The highest BCUT2D eigenvalue weighted by Gasteiger charge is 2.39. The summed E-state index contributed by atoms with van der Waals surface area (Å²) in [6, 6.07) is 1.19. The Hall–Kier alpha value is -1.36. The third-order valence-electron chi connectivity index (χ3n) is 3.73. The maximum absolute atomic E-state index is 12.3. The lowest BCUT2D eigenvalue weighted by atomic mass is 10.0. The van der Waals surface area contributed by atoms with Crippen LogP contribution < -0.4 is 5.32 Å². The normalized spacial score (nSPS) is 25.4. The first-order chi connectivity index (χ1) is 8.82. The van der Waals surface area contributed by atoms with E-state index in [9.17, 15) is 9.59 Å². The number of aryl methyl sites for hydroxylation is 2. The Morgan fingerprint density at radius 2 is 1.95 bits per heavy atom. The van der Waals surface area contributed by atoms with Crippen molar-refractivity contribution >= 4 is 23.2 Å². The van der Waals surface area contributed by atoms with Crippen molar-refractivity contribution in [2.45, 2.75) is 52.7 Å². The molecule has 0 aliphatic carbocycles. The standard InChI is InChI=1S/C14H20N2O2S/c1-7-6-12(11(5)19-7)9(3)16-10(4)13(17)15-8(2)14(16)18/h6,8-10H,1-5H3,(H,15,17). The van der Waals surface area contributed by atoms with Gasteiger partial charge in [-0.2, -0.15) is 0 Å². The Morgan fingerprint density at radius 1 is 1.32 bits per heavy atom. The van der Waals surface area contributed by atoms with E-state index < -0.39 is 12.1 Å². The molecule has 4 nitrogen and oxygen atoms in total. The quantitative estimate of drug-likeness (QED) is 0.902. The lowest BCUT2D eigenvalue weighted by Gasteiger charge is -2.40. The molecule has 2 heterocycles. The number of hydrogen-bond donors (Lipinski definition) is 1. The highest BCUT2D eigenvalue weighted by molar-refractivity contribution is 7.12. The Balaban J connectivity index is 2.35. The van der Waals surface area contributed by atoms with E-state index in [0.29, 0.717) is 0 Å². The van der Waals surface area contributed by atoms with Crippen LogP contribution in [0.1, 0.15) is 42.1 Å². The zero-order valence-electron chi connectivity index (χ0n) is 12.0. The van der Waals surface area contributed by atoms with Crippen LogP contribution >= 0.6 is 11.3 Å². The summed E-state index contributed by atoms with van der Waals surface area (Å²) in [6.07, 6.45) is 0. The van der Waals surface area contributed by atoms with E-state index >= 15 is 0 Å². The summed E-state index contributed by atoms with van der Waals surface area (Å²) in [4.78, 5) is 28.4. The van der Waals surface area contributed by atoms with Crippen molar-refractivity contribution in [3.63, 3.8) is 0 Å². The van der Waals surface area contributed by atoms with E-state index in [4.69, 9.17) is 0 Å². The third kappa shape index (κ3) is 2.39. The molecule has 5 heteroatoms. The molecule has 2 amide bonds. The van der Waals surface area contributed by atoms with Gasteiger partial charge in [0.25, 0.3) is 0 Å². The molecule has 104 valence electrons. The fraction of sp³-hybridized carbons (Fsp3) is 0.571. The van der Waals surface area contributed by atoms with Crippen molar-refractivity contribution in [2.75, 3.05) is 0 Å². The topological polar surface area (TPSA) is 49.4 Å². The molecule has 3 unspecified atom stereocenters. The summed E-state index contributed by atoms with van der Waals surface area (Å²) in [7, 11) is 0. The smallest absolute Gasteiger partial charge is 0.246 e. The lowest BCUT2D eigenvalue weighted by Crippen LogP contribution is -2.61. The largest absolute Gasteiger partial charge is 0.343 e. The minimum Gasteiger partial charge on any atom is -0.343 e. The number of hydrogen-bond acceptors (Lipinski definition) is 3. The summed E-state index contributed by atoms with van der Waals surface area (Å²) < 4.78 is 0. The number of carbonyl (C=O) groups excluding carboxylic acids is 2. The van der Waals surface area contributed by atoms with Crippen molar-refractivity contribution < 1.29 is 9.59 Å². The van der Waals surface area contributed by atoms with Gasteiger partial charge in [0.1, 0.15) is 12.1 Å². The molecule has 0 saturated carbocycles. The number of thiophene rings is 1. The predicted molar refractivity (Wildman–Crippen MR) is 76.1 cm³/mol. The zero-order chi connectivity index (χ0) is 14.3. The van der Waals surface area contributed by atoms with Crippen molar-refractivity contribution in [1.29, 1.82) is 0 Å². The minimum atomic E-state index is -0.439. The van der Waals surface area contributed by atoms with Gasteiger partial charge in [-0.3, -0.25) is 9.59 Å². The second-order valence-electron chi connectivity index (χ2n) is 5.20. The number of nitrogens with one attached hydrogen (secondary N) is 1. The second kappa shape index (κ2) is 4.96. The summed E-state index contributed by atoms with van der Waals surface area (Å²) in [6.45, 7) is 9.63. The van der Waals surface area contributed by atoms with Crippen LogP contribution in [0, 0.1) is 13.8 Å². The molecule has 1 aliphatic rings. The Bertz CT molecular complexity index is 524. The van der Waals surface area contributed by atoms with Gasteiger partial charge in [0.15, 0.2) is 0 Å². The summed E-state index contributed by atoms with van der Waals surface area (Å²) >= 11 is 1.73. The lowest BCUT2D eigenvalue weighted by molar-refractivity contribution is -0.150. The van der Waals surface area contributed by atoms with Gasteiger partial charge in [-0.1, -0.05) is 0 Å². The highest BCUT2D eigenvalue weighted by atomic mass is 32.1. The maximum atomic E-state index is 12.3. The Morgan fingerprint density at radius 3 is 2.47 bits per heavy atom. The number of nitrogens with zero attached hydrogens (tertiary/aromatic N) is 1. The van der Waals surface area contributed by atoms with Crippen LogP contribution in [0.2, 0.25) is 0 Å². The minimum absolute atomic E-state index is 0.0112. The molecule has 1 aromatic heterocycles. The first-order valence-electron chi connectivity index (χ1n) is 6.52. The molecule has 0 spiro atoms. The molecule has 2 rings (SSSR count). The zero-order valence-corrected chi connectivity index (χ0v) is 12.8. The summed E-state index contributed by atoms with van der Waals surface area (Å²) in [5, 5.41) is 2.71. The first-order valence-corrected chi connectivity index (χ1v) is 7.34. The molecular weight excluding hydrogens is 260 g/mol. The second-order valence-corrected chi connectivity index (χ2v) is 6.66. The van der Waals surface area contributed by atoms with E-state index in [1.54, 1.807) is 30.1 Å². The number of piperazine rings is 1. The average molecular weight is 280 g/mol. The fourth-order valence-electron chi connectivity index (χ4n) is 2.68.